The monoisotopic (exact) mass is 385 g/mol. The summed E-state index contributed by atoms with van der Waals surface area (Å²) >= 11 is 0. The van der Waals surface area contributed by atoms with E-state index in [1.807, 2.05) is 13.8 Å². The number of nitrogens with zero attached hydrogens (tertiary/aromatic N) is 3. The second kappa shape index (κ2) is 7.18. The molecule has 0 radical (unpaired) electrons. The van der Waals surface area contributed by atoms with Crippen LogP contribution in [0.1, 0.15) is 30.4 Å². The Bertz CT molecular complexity index is 1140. The van der Waals surface area contributed by atoms with Crippen LogP contribution < -0.4 is 17.0 Å². The Balaban J connectivity index is 2.37. The summed E-state index contributed by atoms with van der Waals surface area (Å²) in [6.07, 6.45) is 1.50. The van der Waals surface area contributed by atoms with Crippen LogP contribution in [0.2, 0.25) is 0 Å². The van der Waals surface area contributed by atoms with Gasteiger partial charge in [0, 0.05) is 29.4 Å². The zero-order valence-corrected chi connectivity index (χ0v) is 15.1. The molecule has 0 saturated heterocycles. The first kappa shape index (κ1) is 19.2. The predicted molar refractivity (Wildman–Crippen MR) is 100 cm³/mol. The number of aromatic nitrogens is 3. The quantitative estimate of drug-likeness (QED) is 0.716. The number of halogens is 2. The van der Waals surface area contributed by atoms with Crippen LogP contribution in [0.4, 0.5) is 14.6 Å². The van der Waals surface area contributed by atoms with Crippen LogP contribution in [-0.4, -0.2) is 20.4 Å². The van der Waals surface area contributed by atoms with Crippen molar-refractivity contribution in [1.82, 2.24) is 14.5 Å². The number of carbonyl (C=O) groups excluding carboxylic acids is 1. The van der Waals surface area contributed by atoms with Crippen molar-refractivity contribution in [2.75, 3.05) is 5.73 Å². The molecular weight excluding hydrogens is 368 g/mol. The molecule has 28 heavy (non-hydrogen) atoms. The Morgan fingerprint density at radius 3 is 2.46 bits per heavy atom. The Morgan fingerprint density at radius 1 is 1.11 bits per heavy atom. The van der Waals surface area contributed by atoms with E-state index in [-0.39, 0.29) is 40.1 Å². The molecule has 2 heterocycles. The first-order valence-corrected chi connectivity index (χ1v) is 8.34. The second-order valence-electron chi connectivity index (χ2n) is 6.40. The topological polar surface area (TPSA) is 117 Å². The van der Waals surface area contributed by atoms with Gasteiger partial charge in [0.05, 0.1) is 5.69 Å². The van der Waals surface area contributed by atoms with Crippen LogP contribution in [0.15, 0.2) is 41.3 Å². The summed E-state index contributed by atoms with van der Waals surface area (Å²) in [5, 5.41) is 0. The number of benzene rings is 1. The van der Waals surface area contributed by atoms with Gasteiger partial charge in [0.25, 0.3) is 11.5 Å². The van der Waals surface area contributed by atoms with E-state index < -0.39 is 17.5 Å². The number of carbonyl (C=O) groups is 1. The van der Waals surface area contributed by atoms with Gasteiger partial charge >= 0.3 is 0 Å². The summed E-state index contributed by atoms with van der Waals surface area (Å²) in [5.74, 6) is -2.67. The number of pyridine rings is 1. The van der Waals surface area contributed by atoms with Crippen molar-refractivity contribution >= 4 is 11.7 Å². The highest BCUT2D eigenvalue weighted by molar-refractivity contribution is 5.96. The van der Waals surface area contributed by atoms with Gasteiger partial charge in [-0.1, -0.05) is 0 Å². The third-order valence-corrected chi connectivity index (χ3v) is 4.11. The molecule has 0 unspecified atom stereocenters. The zero-order chi connectivity index (χ0) is 20.6. The third kappa shape index (κ3) is 3.46. The molecule has 0 aliphatic heterocycles. The number of rotatable bonds is 4. The van der Waals surface area contributed by atoms with Crippen LogP contribution in [0, 0.1) is 11.6 Å². The SMILES string of the molecule is CC(C)n1cc(-c2nc(C(N)=O)c(N)nc2-c2cc(F)ccc2F)ccc1=O. The van der Waals surface area contributed by atoms with Gasteiger partial charge in [0.15, 0.2) is 11.5 Å². The van der Waals surface area contributed by atoms with Crippen LogP contribution in [0.5, 0.6) is 0 Å². The molecule has 0 fully saturated rings. The Labute approximate surface area is 158 Å². The summed E-state index contributed by atoms with van der Waals surface area (Å²) < 4.78 is 29.6. The molecular formula is C19H17F2N5O2. The van der Waals surface area contributed by atoms with Crippen molar-refractivity contribution in [1.29, 1.82) is 0 Å². The number of primary amides is 1. The van der Waals surface area contributed by atoms with Crippen molar-refractivity contribution in [2.45, 2.75) is 19.9 Å². The zero-order valence-electron chi connectivity index (χ0n) is 15.1. The van der Waals surface area contributed by atoms with Gasteiger partial charge in [-0.2, -0.15) is 0 Å². The van der Waals surface area contributed by atoms with E-state index in [2.05, 4.69) is 9.97 Å². The lowest BCUT2D eigenvalue weighted by atomic mass is 10.0. The molecule has 3 aromatic rings. The fraction of sp³-hybridized carbons (Fsp3) is 0.158. The summed E-state index contributed by atoms with van der Waals surface area (Å²) in [6, 6.07) is 5.45. The molecule has 7 nitrogen and oxygen atoms in total. The molecule has 144 valence electrons. The van der Waals surface area contributed by atoms with Crippen molar-refractivity contribution in [3.05, 3.63) is 64.2 Å². The highest BCUT2D eigenvalue weighted by Crippen LogP contribution is 2.32. The molecule has 0 bridgehead atoms. The lowest BCUT2D eigenvalue weighted by Gasteiger charge is -2.15. The summed E-state index contributed by atoms with van der Waals surface area (Å²) in [5.41, 5.74) is 10.6. The number of nitrogen functional groups attached to an aromatic ring is 1. The Morgan fingerprint density at radius 2 is 1.82 bits per heavy atom. The highest BCUT2D eigenvalue weighted by atomic mass is 19.1. The number of nitrogens with two attached hydrogens (primary N) is 2. The van der Waals surface area contributed by atoms with E-state index in [0.717, 1.165) is 18.2 Å². The van der Waals surface area contributed by atoms with E-state index >= 15 is 0 Å². The van der Waals surface area contributed by atoms with Gasteiger partial charge < -0.3 is 16.0 Å². The van der Waals surface area contributed by atoms with Crippen molar-refractivity contribution in [3.8, 4) is 22.5 Å². The van der Waals surface area contributed by atoms with E-state index in [1.165, 1.54) is 22.9 Å². The molecule has 0 spiro atoms. The average Bonchev–Trinajstić information content (AvgIpc) is 2.63. The Kier molecular flexibility index (Phi) is 4.91. The molecule has 0 aliphatic carbocycles. The van der Waals surface area contributed by atoms with E-state index in [4.69, 9.17) is 11.5 Å². The molecule has 1 amide bonds. The van der Waals surface area contributed by atoms with Gasteiger partial charge in [-0.25, -0.2) is 18.7 Å². The van der Waals surface area contributed by atoms with Crippen LogP contribution in [0.3, 0.4) is 0 Å². The normalized spacial score (nSPS) is 11.0. The molecule has 1 aromatic carbocycles. The van der Waals surface area contributed by atoms with Crippen LogP contribution in [-0.2, 0) is 0 Å². The molecule has 0 aliphatic rings. The van der Waals surface area contributed by atoms with Crippen LogP contribution >= 0.6 is 0 Å². The average molecular weight is 385 g/mol. The standard InChI is InChI=1S/C19H17F2N5O2/c1-9(2)26-8-10(3-6-14(26)27)15-16(12-7-11(20)4-5-13(12)21)25-18(22)17(24-15)19(23)28/h3-9H,1-2H3,(H2,22,25)(H2,23,28). The number of amides is 1. The van der Waals surface area contributed by atoms with Crippen molar-refractivity contribution in [3.63, 3.8) is 0 Å². The second-order valence-corrected chi connectivity index (χ2v) is 6.40. The van der Waals surface area contributed by atoms with Gasteiger partial charge in [0.2, 0.25) is 0 Å². The van der Waals surface area contributed by atoms with E-state index in [0.29, 0.717) is 5.56 Å². The smallest absolute Gasteiger partial charge is 0.271 e. The number of hydrogen-bond donors (Lipinski definition) is 2. The van der Waals surface area contributed by atoms with Crippen molar-refractivity contribution in [2.24, 2.45) is 5.73 Å². The minimum absolute atomic E-state index is 0.0434. The van der Waals surface area contributed by atoms with Gasteiger partial charge in [-0.05, 0) is 38.1 Å². The third-order valence-electron chi connectivity index (χ3n) is 4.11. The highest BCUT2D eigenvalue weighted by Gasteiger charge is 2.21. The Hall–Kier alpha value is -3.62. The van der Waals surface area contributed by atoms with E-state index in [9.17, 15) is 18.4 Å². The van der Waals surface area contributed by atoms with Crippen LogP contribution in [0.25, 0.3) is 22.5 Å². The maximum Gasteiger partial charge on any atom is 0.271 e. The lowest BCUT2D eigenvalue weighted by molar-refractivity contribution is 0.0996. The minimum Gasteiger partial charge on any atom is -0.382 e. The lowest BCUT2D eigenvalue weighted by Crippen LogP contribution is -2.21. The van der Waals surface area contributed by atoms with Gasteiger partial charge in [-0.3, -0.25) is 9.59 Å². The maximum absolute atomic E-state index is 14.4. The number of anilines is 1. The van der Waals surface area contributed by atoms with E-state index in [1.54, 1.807) is 0 Å². The molecule has 0 saturated carbocycles. The largest absolute Gasteiger partial charge is 0.382 e. The summed E-state index contributed by atoms with van der Waals surface area (Å²) in [7, 11) is 0. The fourth-order valence-electron chi connectivity index (χ4n) is 2.74. The molecule has 3 rings (SSSR count). The molecule has 2 aromatic heterocycles. The number of hydrogen-bond acceptors (Lipinski definition) is 5. The molecule has 9 heteroatoms. The molecule has 0 atom stereocenters. The first-order chi connectivity index (χ1) is 13.2. The predicted octanol–water partition coefficient (Wildman–Crippen LogP) is 2.51. The fourth-order valence-corrected chi connectivity index (χ4v) is 2.74. The maximum atomic E-state index is 14.4. The molecule has 4 N–H and O–H groups in total. The summed E-state index contributed by atoms with van der Waals surface area (Å²) in [6.45, 7) is 3.61. The summed E-state index contributed by atoms with van der Waals surface area (Å²) in [4.78, 5) is 31.9. The van der Waals surface area contributed by atoms with Gasteiger partial charge in [0.1, 0.15) is 17.3 Å². The first-order valence-electron chi connectivity index (χ1n) is 8.34. The van der Waals surface area contributed by atoms with Gasteiger partial charge in [-0.15, -0.1) is 0 Å². The minimum atomic E-state index is -0.922. The van der Waals surface area contributed by atoms with Crippen molar-refractivity contribution < 1.29 is 13.6 Å².